The summed E-state index contributed by atoms with van der Waals surface area (Å²) in [6.45, 7) is 18.8. The van der Waals surface area contributed by atoms with Gasteiger partial charge in [-0.2, -0.15) is 0 Å². The Bertz CT molecular complexity index is 999. The topological polar surface area (TPSA) is 60.7 Å². The molecule has 2 rings (SSSR count). The fraction of sp³-hybridized carbons (Fsp3) is 0.676. The van der Waals surface area contributed by atoms with Crippen LogP contribution in [0.25, 0.3) is 0 Å². The minimum absolute atomic E-state index is 0.260. The van der Waals surface area contributed by atoms with E-state index in [-0.39, 0.29) is 22.3 Å². The van der Waals surface area contributed by atoms with Crippen LogP contribution in [0.4, 0.5) is 0 Å². The molecule has 0 radical (unpaired) electrons. The number of unbranched alkanes of at least 4 members (excludes halogenated alkanes) is 11. The Balaban J connectivity index is 2.28. The molecule has 0 aliphatic carbocycles. The lowest BCUT2D eigenvalue weighted by atomic mass is 9.73. The van der Waals surface area contributed by atoms with E-state index in [1.165, 1.54) is 64.2 Å². The van der Waals surface area contributed by atoms with Crippen LogP contribution in [-0.4, -0.2) is 15.3 Å². The molecule has 0 aliphatic rings. The fourth-order valence-corrected chi connectivity index (χ4v) is 6.11. The van der Waals surface area contributed by atoms with E-state index in [0.717, 1.165) is 46.2 Å². The molecule has 0 saturated heterocycles. The lowest BCUT2D eigenvalue weighted by molar-refractivity contribution is 0.0661. The predicted molar refractivity (Wildman–Crippen MR) is 172 cm³/mol. The molecule has 0 amide bonds. The van der Waals surface area contributed by atoms with Crippen molar-refractivity contribution in [1.82, 2.24) is 0 Å². The van der Waals surface area contributed by atoms with Gasteiger partial charge in [-0.1, -0.05) is 119 Å². The fourth-order valence-electron chi connectivity index (χ4n) is 6.11. The first-order chi connectivity index (χ1) is 18.6. The van der Waals surface area contributed by atoms with Crippen molar-refractivity contribution in [3.63, 3.8) is 0 Å². The Morgan fingerprint density at radius 3 is 1.15 bits per heavy atom. The Labute approximate surface area is 246 Å². The summed E-state index contributed by atoms with van der Waals surface area (Å²) in [4.78, 5) is 0. The predicted octanol–water partition coefficient (Wildman–Crippen LogP) is 10.6. The lowest BCUT2D eigenvalue weighted by Gasteiger charge is -2.35. The van der Waals surface area contributed by atoms with Gasteiger partial charge in [-0.05, 0) is 95.2 Å². The highest BCUT2D eigenvalue weighted by atomic mass is 16.3. The van der Waals surface area contributed by atoms with Crippen molar-refractivity contribution >= 4 is 0 Å². The standard InChI is InChI=1S/C37H60O3/c1-10-11-12-13-14-15-16-17-18-19-20-21-22-37(40,29-25-31(35(4,5)6)33(38)23-27(29)2)30-26-32(36(7,8)9)34(39)24-28(30)3/h23-26,38-40H,10-22H2,1-9H3. The number of aryl methyl sites for hydroxylation is 2. The van der Waals surface area contributed by atoms with E-state index in [1.807, 2.05) is 38.1 Å². The van der Waals surface area contributed by atoms with Gasteiger partial charge in [0, 0.05) is 0 Å². The summed E-state index contributed by atoms with van der Waals surface area (Å²) < 4.78 is 0. The van der Waals surface area contributed by atoms with Crippen molar-refractivity contribution in [2.24, 2.45) is 0 Å². The monoisotopic (exact) mass is 552 g/mol. The number of aromatic hydroxyl groups is 2. The first-order valence-electron chi connectivity index (χ1n) is 16.0. The molecule has 0 bridgehead atoms. The average Bonchev–Trinajstić information content (AvgIpc) is 2.83. The van der Waals surface area contributed by atoms with Gasteiger partial charge in [0.2, 0.25) is 0 Å². The second-order valence-corrected chi connectivity index (χ2v) is 14.4. The van der Waals surface area contributed by atoms with Gasteiger partial charge in [0.05, 0.1) is 0 Å². The summed E-state index contributed by atoms with van der Waals surface area (Å²) in [5.41, 5.74) is 3.43. The molecule has 0 atom stereocenters. The molecule has 0 aromatic heterocycles. The van der Waals surface area contributed by atoms with Gasteiger partial charge in [0.1, 0.15) is 17.1 Å². The number of phenols is 2. The number of aliphatic hydroxyl groups is 1. The molecule has 0 aliphatic heterocycles. The summed E-state index contributed by atoms with van der Waals surface area (Å²) in [7, 11) is 0. The maximum absolute atomic E-state index is 12.7. The number of phenolic OH excluding ortho intramolecular Hbond substituents is 2. The quantitative estimate of drug-likeness (QED) is 0.193. The van der Waals surface area contributed by atoms with Crippen molar-refractivity contribution in [2.75, 3.05) is 0 Å². The normalized spacial score (nSPS) is 12.8. The summed E-state index contributed by atoms with van der Waals surface area (Å²) in [5, 5.41) is 34.3. The highest BCUT2D eigenvalue weighted by Crippen LogP contribution is 2.45. The van der Waals surface area contributed by atoms with Crippen LogP contribution in [0.3, 0.4) is 0 Å². The molecule has 226 valence electrons. The van der Waals surface area contributed by atoms with Crippen LogP contribution >= 0.6 is 0 Å². The van der Waals surface area contributed by atoms with Gasteiger partial charge in [-0.15, -0.1) is 0 Å². The largest absolute Gasteiger partial charge is 0.508 e. The first kappa shape index (κ1) is 34.2. The van der Waals surface area contributed by atoms with Gasteiger partial charge < -0.3 is 15.3 Å². The van der Waals surface area contributed by atoms with Crippen LogP contribution in [0.15, 0.2) is 24.3 Å². The van der Waals surface area contributed by atoms with Gasteiger partial charge >= 0.3 is 0 Å². The first-order valence-corrected chi connectivity index (χ1v) is 16.0. The smallest absolute Gasteiger partial charge is 0.119 e. The van der Waals surface area contributed by atoms with Crippen LogP contribution in [0.1, 0.15) is 165 Å². The minimum Gasteiger partial charge on any atom is -0.508 e. The SMILES string of the molecule is CCCCCCCCCCCCCCC(O)(c1cc(C(C)(C)C)c(O)cc1C)c1cc(C(C)(C)C)c(O)cc1C. The molecule has 40 heavy (non-hydrogen) atoms. The van der Waals surface area contributed by atoms with Crippen molar-refractivity contribution in [1.29, 1.82) is 0 Å². The van der Waals surface area contributed by atoms with Crippen molar-refractivity contribution in [3.8, 4) is 11.5 Å². The lowest BCUT2D eigenvalue weighted by Crippen LogP contribution is -2.31. The number of hydrogen-bond donors (Lipinski definition) is 3. The second-order valence-electron chi connectivity index (χ2n) is 14.4. The highest BCUT2D eigenvalue weighted by Gasteiger charge is 2.37. The van der Waals surface area contributed by atoms with Gasteiger partial charge in [-0.25, -0.2) is 0 Å². The van der Waals surface area contributed by atoms with Crippen LogP contribution in [0.5, 0.6) is 11.5 Å². The third kappa shape index (κ3) is 9.26. The third-order valence-electron chi connectivity index (χ3n) is 8.58. The Morgan fingerprint density at radius 2 is 0.825 bits per heavy atom. The molecular formula is C37H60O3. The van der Waals surface area contributed by atoms with E-state index in [0.29, 0.717) is 6.42 Å². The van der Waals surface area contributed by atoms with Crippen molar-refractivity contribution in [2.45, 2.75) is 162 Å². The van der Waals surface area contributed by atoms with Gasteiger partial charge in [0.15, 0.2) is 0 Å². The third-order valence-corrected chi connectivity index (χ3v) is 8.58. The molecule has 0 heterocycles. The molecule has 3 nitrogen and oxygen atoms in total. The van der Waals surface area contributed by atoms with Crippen molar-refractivity contribution in [3.05, 3.63) is 57.6 Å². The average molecular weight is 553 g/mol. The van der Waals surface area contributed by atoms with E-state index in [9.17, 15) is 15.3 Å². The molecule has 3 N–H and O–H groups in total. The maximum Gasteiger partial charge on any atom is 0.119 e. The van der Waals surface area contributed by atoms with Crippen LogP contribution < -0.4 is 0 Å². The Kier molecular flexibility index (Phi) is 12.6. The van der Waals surface area contributed by atoms with Gasteiger partial charge in [-0.3, -0.25) is 0 Å². The Hall–Kier alpha value is -2.00. The van der Waals surface area contributed by atoms with Gasteiger partial charge in [0.25, 0.3) is 0 Å². The summed E-state index contributed by atoms with van der Waals surface area (Å²) in [5.74, 6) is 0.554. The minimum atomic E-state index is -1.21. The number of hydrogen-bond acceptors (Lipinski definition) is 3. The molecule has 0 unspecified atom stereocenters. The van der Waals surface area contributed by atoms with E-state index >= 15 is 0 Å². The summed E-state index contributed by atoms with van der Waals surface area (Å²) in [6.07, 6.45) is 15.9. The summed E-state index contributed by atoms with van der Waals surface area (Å²) >= 11 is 0. The van der Waals surface area contributed by atoms with Crippen LogP contribution in [0, 0.1) is 13.8 Å². The Morgan fingerprint density at radius 1 is 0.500 bits per heavy atom. The molecule has 0 fully saturated rings. The van der Waals surface area contributed by atoms with E-state index in [4.69, 9.17) is 0 Å². The molecule has 3 heteroatoms. The zero-order valence-electron chi connectivity index (χ0n) is 27.3. The van der Waals surface area contributed by atoms with Crippen LogP contribution in [-0.2, 0) is 16.4 Å². The zero-order valence-corrected chi connectivity index (χ0v) is 27.3. The van der Waals surface area contributed by atoms with E-state index in [1.54, 1.807) is 0 Å². The summed E-state index contributed by atoms with van der Waals surface area (Å²) in [6, 6.07) is 7.66. The number of rotatable bonds is 15. The van der Waals surface area contributed by atoms with E-state index < -0.39 is 5.60 Å². The zero-order chi connectivity index (χ0) is 30.1. The molecule has 2 aromatic carbocycles. The second kappa shape index (κ2) is 14.8. The molecule has 0 spiro atoms. The molecule has 0 saturated carbocycles. The highest BCUT2D eigenvalue weighted by molar-refractivity contribution is 5.54. The molecule has 2 aromatic rings. The number of benzene rings is 2. The molecular weight excluding hydrogens is 492 g/mol. The van der Waals surface area contributed by atoms with Crippen LogP contribution in [0.2, 0.25) is 0 Å². The van der Waals surface area contributed by atoms with E-state index in [2.05, 4.69) is 48.5 Å². The maximum atomic E-state index is 12.7. The van der Waals surface area contributed by atoms with Crippen molar-refractivity contribution < 1.29 is 15.3 Å².